The predicted octanol–water partition coefficient (Wildman–Crippen LogP) is 4.44. The van der Waals surface area contributed by atoms with Crippen LogP contribution in [0.25, 0.3) is 10.6 Å². The molecule has 1 heterocycles. The second kappa shape index (κ2) is 7.07. The van der Waals surface area contributed by atoms with Crippen molar-refractivity contribution in [3.63, 3.8) is 0 Å². The van der Waals surface area contributed by atoms with Gasteiger partial charge in [-0.25, -0.2) is 9.78 Å². The molecule has 0 atom stereocenters. The summed E-state index contributed by atoms with van der Waals surface area (Å²) in [5.74, 6) is 0. The Balaban J connectivity index is 1.62. The van der Waals surface area contributed by atoms with Gasteiger partial charge in [0, 0.05) is 28.9 Å². The zero-order valence-corrected chi connectivity index (χ0v) is 13.6. The number of amides is 2. The largest absolute Gasteiger partial charge is 0.334 e. The van der Waals surface area contributed by atoms with E-state index < -0.39 is 0 Å². The van der Waals surface area contributed by atoms with E-state index in [4.69, 9.17) is 0 Å². The van der Waals surface area contributed by atoms with Crippen molar-refractivity contribution in [2.75, 3.05) is 5.32 Å². The Morgan fingerprint density at radius 3 is 2.70 bits per heavy atom. The molecule has 3 rings (SSSR count). The molecule has 2 aromatic carbocycles. The highest BCUT2D eigenvalue weighted by Crippen LogP contribution is 2.25. The van der Waals surface area contributed by atoms with E-state index >= 15 is 0 Å². The Labute approximate surface area is 139 Å². The summed E-state index contributed by atoms with van der Waals surface area (Å²) in [5.41, 5.74) is 3.82. The number of aromatic nitrogens is 1. The normalized spacial score (nSPS) is 10.3. The molecule has 0 aliphatic carbocycles. The highest BCUT2D eigenvalue weighted by Gasteiger charge is 2.06. The van der Waals surface area contributed by atoms with Gasteiger partial charge in [0.05, 0.1) is 0 Å². The van der Waals surface area contributed by atoms with Crippen LogP contribution in [0.5, 0.6) is 0 Å². The van der Waals surface area contributed by atoms with Gasteiger partial charge in [0.15, 0.2) is 0 Å². The number of nitrogens with one attached hydrogen (secondary N) is 2. The average molecular weight is 323 g/mol. The molecule has 0 fully saturated rings. The molecule has 2 N–H and O–H groups in total. The van der Waals surface area contributed by atoms with Gasteiger partial charge in [0.2, 0.25) is 0 Å². The highest BCUT2D eigenvalue weighted by molar-refractivity contribution is 7.13. The van der Waals surface area contributed by atoms with Crippen molar-refractivity contribution in [2.24, 2.45) is 0 Å². The maximum atomic E-state index is 12.0. The molecule has 0 saturated heterocycles. The third-order valence-corrected chi connectivity index (χ3v) is 4.29. The molecular formula is C18H17N3OS. The number of hydrogen-bond donors (Lipinski definition) is 2. The summed E-state index contributed by atoms with van der Waals surface area (Å²) < 4.78 is 0. The molecule has 3 aromatic rings. The van der Waals surface area contributed by atoms with Crippen LogP contribution in [0.15, 0.2) is 60.0 Å². The van der Waals surface area contributed by atoms with E-state index in [-0.39, 0.29) is 6.03 Å². The minimum atomic E-state index is -0.221. The molecule has 5 heteroatoms. The molecule has 0 unspecified atom stereocenters. The maximum Gasteiger partial charge on any atom is 0.319 e. The lowest BCUT2D eigenvalue weighted by Gasteiger charge is -2.08. The van der Waals surface area contributed by atoms with Crippen LogP contribution in [0.3, 0.4) is 0 Å². The van der Waals surface area contributed by atoms with Gasteiger partial charge in [0.25, 0.3) is 0 Å². The van der Waals surface area contributed by atoms with E-state index in [1.165, 1.54) is 0 Å². The fourth-order valence-corrected chi connectivity index (χ4v) is 2.96. The number of hydrogen-bond acceptors (Lipinski definition) is 3. The summed E-state index contributed by atoms with van der Waals surface area (Å²) in [6.45, 7) is 2.47. The van der Waals surface area contributed by atoms with Crippen molar-refractivity contribution >= 4 is 23.1 Å². The van der Waals surface area contributed by atoms with Gasteiger partial charge in [-0.15, -0.1) is 11.3 Å². The smallest absolute Gasteiger partial charge is 0.319 e. The van der Waals surface area contributed by atoms with Crippen molar-refractivity contribution in [3.8, 4) is 10.6 Å². The van der Waals surface area contributed by atoms with Crippen molar-refractivity contribution in [1.29, 1.82) is 0 Å². The fraction of sp³-hybridized carbons (Fsp3) is 0.111. The molecule has 2 amide bonds. The molecule has 0 spiro atoms. The minimum Gasteiger partial charge on any atom is -0.334 e. The number of thiazole rings is 1. The van der Waals surface area contributed by atoms with Gasteiger partial charge in [-0.3, -0.25) is 0 Å². The summed E-state index contributed by atoms with van der Waals surface area (Å²) in [4.78, 5) is 16.5. The molecule has 1 aromatic heterocycles. The van der Waals surface area contributed by atoms with Gasteiger partial charge in [-0.1, -0.05) is 42.5 Å². The molecule has 0 saturated carbocycles. The third kappa shape index (κ3) is 4.17. The van der Waals surface area contributed by atoms with Crippen molar-refractivity contribution in [3.05, 3.63) is 71.2 Å². The Morgan fingerprint density at radius 1 is 1.13 bits per heavy atom. The van der Waals surface area contributed by atoms with Crippen molar-refractivity contribution in [2.45, 2.75) is 13.5 Å². The zero-order valence-electron chi connectivity index (χ0n) is 12.7. The third-order valence-electron chi connectivity index (χ3n) is 3.28. The Hall–Kier alpha value is -2.66. The van der Waals surface area contributed by atoms with E-state index in [0.29, 0.717) is 6.54 Å². The maximum absolute atomic E-state index is 12.0. The summed E-state index contributed by atoms with van der Waals surface area (Å²) in [6.07, 6.45) is 0. The number of aryl methyl sites for hydroxylation is 1. The summed E-state index contributed by atoms with van der Waals surface area (Å²) in [5, 5.41) is 8.67. The van der Waals surface area contributed by atoms with Crippen LogP contribution in [-0.4, -0.2) is 11.0 Å². The molecule has 116 valence electrons. The van der Waals surface area contributed by atoms with E-state index in [1.807, 2.05) is 66.9 Å². The molecule has 0 aliphatic heterocycles. The SMILES string of the molecule is Cc1csc(-c2cccc(NC(=O)NCc3ccccc3)c2)n1. The number of carbonyl (C=O) groups is 1. The van der Waals surface area contributed by atoms with E-state index in [9.17, 15) is 4.79 Å². The molecule has 0 bridgehead atoms. The van der Waals surface area contributed by atoms with Crippen LogP contribution in [-0.2, 0) is 6.54 Å². The quantitative estimate of drug-likeness (QED) is 0.746. The van der Waals surface area contributed by atoms with Crippen molar-refractivity contribution < 1.29 is 4.79 Å². The van der Waals surface area contributed by atoms with Gasteiger partial charge < -0.3 is 10.6 Å². The number of urea groups is 1. The molecule has 4 nitrogen and oxygen atoms in total. The molecule has 23 heavy (non-hydrogen) atoms. The first kappa shape index (κ1) is 15.2. The number of benzene rings is 2. The number of carbonyl (C=O) groups excluding carboxylic acids is 1. The fourth-order valence-electron chi connectivity index (χ4n) is 2.17. The Bertz CT molecular complexity index is 799. The van der Waals surface area contributed by atoms with Crippen LogP contribution in [0, 0.1) is 6.92 Å². The summed E-state index contributed by atoms with van der Waals surface area (Å²) >= 11 is 1.60. The van der Waals surface area contributed by atoms with Gasteiger partial charge >= 0.3 is 6.03 Å². The second-order valence-electron chi connectivity index (χ2n) is 5.17. The summed E-state index contributed by atoms with van der Waals surface area (Å²) in [6, 6.07) is 17.3. The van der Waals surface area contributed by atoms with E-state index in [0.717, 1.165) is 27.5 Å². The standard InChI is InChI=1S/C18H17N3OS/c1-13-12-23-17(20-13)15-8-5-9-16(10-15)21-18(22)19-11-14-6-3-2-4-7-14/h2-10,12H,11H2,1H3,(H2,19,21,22). The molecule has 0 aliphatic rings. The highest BCUT2D eigenvalue weighted by atomic mass is 32.1. The lowest BCUT2D eigenvalue weighted by molar-refractivity contribution is 0.251. The monoisotopic (exact) mass is 323 g/mol. The number of anilines is 1. The van der Waals surface area contributed by atoms with Gasteiger partial charge in [-0.2, -0.15) is 0 Å². The minimum absolute atomic E-state index is 0.221. The first-order chi connectivity index (χ1) is 11.2. The number of nitrogens with zero attached hydrogens (tertiary/aromatic N) is 1. The van der Waals surface area contributed by atoms with Crippen LogP contribution in [0.2, 0.25) is 0 Å². The van der Waals surface area contributed by atoms with Crippen molar-refractivity contribution in [1.82, 2.24) is 10.3 Å². The van der Waals surface area contributed by atoms with Crippen LogP contribution < -0.4 is 10.6 Å². The number of rotatable bonds is 4. The van der Waals surface area contributed by atoms with E-state index in [2.05, 4.69) is 15.6 Å². The topological polar surface area (TPSA) is 54.0 Å². The van der Waals surface area contributed by atoms with Crippen LogP contribution >= 0.6 is 11.3 Å². The first-order valence-corrected chi connectivity index (χ1v) is 8.20. The predicted molar refractivity (Wildman–Crippen MR) is 94.6 cm³/mol. The second-order valence-corrected chi connectivity index (χ2v) is 6.03. The lowest BCUT2D eigenvalue weighted by atomic mass is 10.2. The molecule has 0 radical (unpaired) electrons. The zero-order chi connectivity index (χ0) is 16.1. The summed E-state index contributed by atoms with van der Waals surface area (Å²) in [7, 11) is 0. The van der Waals surface area contributed by atoms with Gasteiger partial charge in [0.1, 0.15) is 5.01 Å². The molecular weight excluding hydrogens is 306 g/mol. The van der Waals surface area contributed by atoms with Crippen LogP contribution in [0.1, 0.15) is 11.3 Å². The van der Waals surface area contributed by atoms with E-state index in [1.54, 1.807) is 11.3 Å². The van der Waals surface area contributed by atoms with Gasteiger partial charge in [-0.05, 0) is 24.6 Å². The Morgan fingerprint density at radius 2 is 1.96 bits per heavy atom. The average Bonchev–Trinajstić information content (AvgIpc) is 3.01. The van der Waals surface area contributed by atoms with Crippen LogP contribution in [0.4, 0.5) is 10.5 Å². The Kier molecular flexibility index (Phi) is 4.68. The first-order valence-electron chi connectivity index (χ1n) is 7.32. The lowest BCUT2D eigenvalue weighted by Crippen LogP contribution is -2.28.